The van der Waals surface area contributed by atoms with E-state index in [0.717, 1.165) is 49.8 Å². The molecule has 2 heterocycles. The van der Waals surface area contributed by atoms with Crippen LogP contribution in [-0.4, -0.2) is 25.9 Å². The summed E-state index contributed by atoms with van der Waals surface area (Å²) in [6, 6.07) is 4.38. The van der Waals surface area contributed by atoms with E-state index in [1.807, 2.05) is 6.07 Å². The lowest BCUT2D eigenvalue weighted by atomic mass is 9.89. The van der Waals surface area contributed by atoms with Crippen molar-refractivity contribution in [2.75, 3.05) is 19.8 Å². The topological polar surface area (TPSA) is 30.5 Å². The van der Waals surface area contributed by atoms with E-state index in [1.54, 1.807) is 0 Å². The Morgan fingerprint density at radius 2 is 2.29 bits per heavy atom. The lowest BCUT2D eigenvalue weighted by Gasteiger charge is -2.26. The molecule has 2 aliphatic heterocycles. The van der Waals surface area contributed by atoms with Gasteiger partial charge < -0.3 is 14.8 Å². The van der Waals surface area contributed by atoms with E-state index in [0.29, 0.717) is 12.0 Å². The summed E-state index contributed by atoms with van der Waals surface area (Å²) in [5, 5.41) is 4.50. The number of nitrogens with one attached hydrogen (secondary N) is 1. The molecule has 1 fully saturated rings. The molecule has 2 aliphatic rings. The largest absolute Gasteiger partial charge is 0.493 e. The molecule has 1 aromatic rings. The predicted octanol–water partition coefficient (Wildman–Crippen LogP) is 3.74. The average molecular weight is 310 g/mol. The van der Waals surface area contributed by atoms with E-state index < -0.39 is 0 Å². The summed E-state index contributed by atoms with van der Waals surface area (Å²) in [6.07, 6.45) is 3.50. The van der Waals surface area contributed by atoms with E-state index in [4.69, 9.17) is 21.1 Å². The van der Waals surface area contributed by atoms with Crippen LogP contribution < -0.4 is 10.1 Å². The lowest BCUT2D eigenvalue weighted by molar-refractivity contribution is 0.116. The maximum absolute atomic E-state index is 6.33. The Morgan fingerprint density at radius 3 is 3.00 bits per heavy atom. The molecule has 4 heteroatoms. The average Bonchev–Trinajstić information content (AvgIpc) is 3.08. The quantitative estimate of drug-likeness (QED) is 0.899. The van der Waals surface area contributed by atoms with Crippen LogP contribution in [-0.2, 0) is 11.2 Å². The molecule has 0 spiro atoms. The molecule has 3 nitrogen and oxygen atoms in total. The maximum Gasteiger partial charge on any atom is 0.127 e. The van der Waals surface area contributed by atoms with Crippen molar-refractivity contribution in [1.82, 2.24) is 5.32 Å². The summed E-state index contributed by atoms with van der Waals surface area (Å²) in [4.78, 5) is 0. The fourth-order valence-corrected chi connectivity index (χ4v) is 3.69. The molecule has 0 bridgehead atoms. The van der Waals surface area contributed by atoms with Crippen LogP contribution in [0.15, 0.2) is 12.1 Å². The van der Waals surface area contributed by atoms with Gasteiger partial charge in [-0.25, -0.2) is 0 Å². The van der Waals surface area contributed by atoms with Gasteiger partial charge in [-0.3, -0.25) is 0 Å². The SMILES string of the molecule is CCCNC(c1cc(Cl)cc2c1OCC2)C1COC(C)C1. The van der Waals surface area contributed by atoms with Crippen molar-refractivity contribution in [2.45, 2.75) is 45.3 Å². The van der Waals surface area contributed by atoms with Crippen molar-refractivity contribution in [1.29, 1.82) is 0 Å². The van der Waals surface area contributed by atoms with Crippen LogP contribution >= 0.6 is 11.6 Å². The standard InChI is InChI=1S/C17H24ClNO2/c1-3-5-19-16(13-7-11(2)21-10-13)15-9-14(18)8-12-4-6-20-17(12)15/h8-9,11,13,16,19H,3-7,10H2,1-2H3. The van der Waals surface area contributed by atoms with Crippen molar-refractivity contribution in [3.05, 3.63) is 28.3 Å². The smallest absolute Gasteiger partial charge is 0.127 e. The zero-order chi connectivity index (χ0) is 14.8. The monoisotopic (exact) mass is 309 g/mol. The van der Waals surface area contributed by atoms with Gasteiger partial charge in [-0.1, -0.05) is 18.5 Å². The number of fused-ring (bicyclic) bond motifs is 1. The normalized spacial score (nSPS) is 25.7. The van der Waals surface area contributed by atoms with E-state index in [1.165, 1.54) is 11.1 Å². The molecule has 3 rings (SSSR count). The molecule has 0 amide bonds. The van der Waals surface area contributed by atoms with E-state index in [9.17, 15) is 0 Å². The van der Waals surface area contributed by atoms with Crippen LogP contribution in [0, 0.1) is 5.92 Å². The number of ether oxygens (including phenoxy) is 2. The Hall–Kier alpha value is -0.770. The zero-order valence-corrected chi connectivity index (χ0v) is 13.6. The molecule has 1 aromatic carbocycles. The summed E-state index contributed by atoms with van der Waals surface area (Å²) in [6.45, 7) is 6.91. The second-order valence-corrected chi connectivity index (χ2v) is 6.59. The van der Waals surface area contributed by atoms with Crippen LogP contribution in [0.4, 0.5) is 0 Å². The summed E-state index contributed by atoms with van der Waals surface area (Å²) in [5.41, 5.74) is 2.46. The fourth-order valence-electron chi connectivity index (χ4n) is 3.44. The first-order valence-electron chi connectivity index (χ1n) is 7.99. The molecule has 3 unspecified atom stereocenters. The second-order valence-electron chi connectivity index (χ2n) is 6.15. The third kappa shape index (κ3) is 3.20. The Labute approximate surface area is 132 Å². The first-order valence-corrected chi connectivity index (χ1v) is 8.37. The molecule has 1 saturated heterocycles. The van der Waals surface area contributed by atoms with Crippen LogP contribution in [0.25, 0.3) is 0 Å². The summed E-state index contributed by atoms with van der Waals surface area (Å²) >= 11 is 6.33. The van der Waals surface area contributed by atoms with Crippen LogP contribution in [0.2, 0.25) is 5.02 Å². The van der Waals surface area contributed by atoms with Gasteiger partial charge in [0, 0.05) is 29.0 Å². The molecule has 1 N–H and O–H groups in total. The second kappa shape index (κ2) is 6.55. The maximum atomic E-state index is 6.33. The minimum atomic E-state index is 0.264. The molecule has 0 aromatic heterocycles. The van der Waals surface area contributed by atoms with Gasteiger partial charge in [0.25, 0.3) is 0 Å². The minimum absolute atomic E-state index is 0.264. The molecule has 21 heavy (non-hydrogen) atoms. The van der Waals surface area contributed by atoms with Gasteiger partial charge in [0.2, 0.25) is 0 Å². The van der Waals surface area contributed by atoms with Gasteiger partial charge in [-0.2, -0.15) is 0 Å². The van der Waals surface area contributed by atoms with E-state index >= 15 is 0 Å². The molecular weight excluding hydrogens is 286 g/mol. The molecule has 116 valence electrons. The number of hydrogen-bond acceptors (Lipinski definition) is 3. The highest BCUT2D eigenvalue weighted by Gasteiger charge is 2.33. The van der Waals surface area contributed by atoms with Crippen molar-refractivity contribution in [3.8, 4) is 5.75 Å². The van der Waals surface area contributed by atoms with Gasteiger partial charge in [0.15, 0.2) is 0 Å². The van der Waals surface area contributed by atoms with Gasteiger partial charge in [0.05, 0.1) is 19.3 Å². The highest BCUT2D eigenvalue weighted by molar-refractivity contribution is 6.30. The summed E-state index contributed by atoms with van der Waals surface area (Å²) in [5.74, 6) is 1.53. The Balaban J connectivity index is 1.92. The zero-order valence-electron chi connectivity index (χ0n) is 12.8. The molecule has 0 radical (unpaired) electrons. The number of halogens is 1. The van der Waals surface area contributed by atoms with Gasteiger partial charge in [-0.05, 0) is 44.0 Å². The first kappa shape index (κ1) is 15.1. The van der Waals surface area contributed by atoms with E-state index in [-0.39, 0.29) is 6.04 Å². The molecule has 0 saturated carbocycles. The fraction of sp³-hybridized carbons (Fsp3) is 0.647. The van der Waals surface area contributed by atoms with Crippen molar-refractivity contribution >= 4 is 11.6 Å². The van der Waals surface area contributed by atoms with Crippen LogP contribution in [0.1, 0.15) is 43.9 Å². The van der Waals surface area contributed by atoms with Crippen molar-refractivity contribution < 1.29 is 9.47 Å². The van der Waals surface area contributed by atoms with Crippen LogP contribution in [0.3, 0.4) is 0 Å². The Kier molecular flexibility index (Phi) is 4.72. The highest BCUT2D eigenvalue weighted by Crippen LogP contribution is 2.41. The van der Waals surface area contributed by atoms with Gasteiger partial charge in [-0.15, -0.1) is 0 Å². The predicted molar refractivity (Wildman–Crippen MR) is 85.2 cm³/mol. The molecular formula is C17H24ClNO2. The van der Waals surface area contributed by atoms with E-state index in [2.05, 4.69) is 25.2 Å². The van der Waals surface area contributed by atoms with Gasteiger partial charge in [0.1, 0.15) is 5.75 Å². The molecule has 3 atom stereocenters. The third-order valence-electron chi connectivity index (χ3n) is 4.43. The van der Waals surface area contributed by atoms with Gasteiger partial charge >= 0.3 is 0 Å². The summed E-state index contributed by atoms with van der Waals surface area (Å²) < 4.78 is 11.7. The first-order chi connectivity index (χ1) is 10.2. The molecule has 0 aliphatic carbocycles. The Bertz CT molecular complexity index is 506. The number of benzene rings is 1. The minimum Gasteiger partial charge on any atom is -0.493 e. The summed E-state index contributed by atoms with van der Waals surface area (Å²) in [7, 11) is 0. The number of rotatable bonds is 5. The Morgan fingerprint density at radius 1 is 1.43 bits per heavy atom. The number of hydrogen-bond donors (Lipinski definition) is 1. The van der Waals surface area contributed by atoms with Crippen molar-refractivity contribution in [2.24, 2.45) is 5.92 Å². The van der Waals surface area contributed by atoms with Crippen molar-refractivity contribution in [3.63, 3.8) is 0 Å². The van der Waals surface area contributed by atoms with Crippen LogP contribution in [0.5, 0.6) is 5.75 Å². The highest BCUT2D eigenvalue weighted by atomic mass is 35.5. The third-order valence-corrected chi connectivity index (χ3v) is 4.65. The lowest BCUT2D eigenvalue weighted by Crippen LogP contribution is -2.30.